The van der Waals surface area contributed by atoms with Crippen molar-refractivity contribution in [1.82, 2.24) is 0 Å². The van der Waals surface area contributed by atoms with Crippen LogP contribution in [0.5, 0.6) is 0 Å². The summed E-state index contributed by atoms with van der Waals surface area (Å²) in [5.74, 6) is 0. The van der Waals surface area contributed by atoms with Crippen LogP contribution in [-0.2, 0) is 4.79 Å². The Morgan fingerprint density at radius 2 is 1.75 bits per heavy atom. The summed E-state index contributed by atoms with van der Waals surface area (Å²) >= 11 is 0. The van der Waals surface area contributed by atoms with Crippen LogP contribution in [0.3, 0.4) is 0 Å². The monoisotopic (exact) mass is 156 g/mol. The molecule has 0 fully saturated rings. The van der Waals surface area contributed by atoms with E-state index in [-0.39, 0.29) is 18.9 Å². The van der Waals surface area contributed by atoms with E-state index in [9.17, 15) is 0 Å². The molecule has 0 radical (unpaired) electrons. The van der Waals surface area contributed by atoms with Crippen molar-refractivity contribution in [1.29, 1.82) is 0 Å². The predicted molar refractivity (Wildman–Crippen MR) is 44.9 cm³/mol. The Hall–Kier alpha value is -0.973. The van der Waals surface area contributed by atoms with Gasteiger partial charge in [0.05, 0.1) is 0 Å². The molecule has 0 unspecified atom stereocenters. The second-order valence-electron chi connectivity index (χ2n) is 1.71. The van der Waals surface area contributed by atoms with Crippen LogP contribution in [0, 0.1) is 0 Å². The van der Waals surface area contributed by atoms with Gasteiger partial charge in [-0.1, -0.05) is 49.5 Å². The van der Waals surface area contributed by atoms with Crippen LogP contribution in [0.15, 0.2) is 36.9 Å². The van der Waals surface area contributed by atoms with Gasteiger partial charge in [-0.25, -0.2) is 0 Å². The number of benzene rings is 1. The fraction of sp³-hybridized carbons (Fsp3) is 0. The SMILES string of the molecule is C=Cc1ccccc1.O=[C-]O.[Li+]. The average molecular weight is 156 g/mol. The molecule has 12 heavy (non-hydrogen) atoms. The van der Waals surface area contributed by atoms with Gasteiger partial charge in [0.15, 0.2) is 0 Å². The summed E-state index contributed by atoms with van der Waals surface area (Å²) in [6.07, 6.45) is 1.83. The summed E-state index contributed by atoms with van der Waals surface area (Å²) < 4.78 is 0. The van der Waals surface area contributed by atoms with Crippen LogP contribution in [0.4, 0.5) is 0 Å². The Morgan fingerprint density at radius 1 is 1.33 bits per heavy atom. The Kier molecular flexibility index (Phi) is 11.4. The summed E-state index contributed by atoms with van der Waals surface area (Å²) in [7, 11) is 0. The molecule has 2 nitrogen and oxygen atoms in total. The molecule has 0 heterocycles. The topological polar surface area (TPSA) is 37.3 Å². The normalized spacial score (nSPS) is 6.67. The molecule has 0 aliphatic heterocycles. The second kappa shape index (κ2) is 10.0. The van der Waals surface area contributed by atoms with E-state index in [1.54, 1.807) is 0 Å². The van der Waals surface area contributed by atoms with E-state index in [0.717, 1.165) is 0 Å². The maximum Gasteiger partial charge on any atom is 1.00 e. The summed E-state index contributed by atoms with van der Waals surface area (Å²) in [6, 6.07) is 10.0. The molecule has 1 aromatic carbocycles. The molecule has 0 saturated heterocycles. The molecule has 0 aromatic heterocycles. The van der Waals surface area contributed by atoms with Crippen LogP contribution >= 0.6 is 0 Å². The van der Waals surface area contributed by atoms with Gasteiger partial charge in [0.2, 0.25) is 0 Å². The zero-order valence-electron chi connectivity index (χ0n) is 7.03. The molecule has 0 spiro atoms. The van der Waals surface area contributed by atoms with Crippen molar-refractivity contribution < 1.29 is 28.8 Å². The van der Waals surface area contributed by atoms with E-state index < -0.39 is 0 Å². The molecular weight excluding hydrogens is 147 g/mol. The minimum Gasteiger partial charge on any atom is -0.665 e. The fourth-order valence-corrected chi connectivity index (χ4v) is 0.589. The maximum absolute atomic E-state index is 8.24. The van der Waals surface area contributed by atoms with Gasteiger partial charge in [0.25, 0.3) is 0 Å². The van der Waals surface area contributed by atoms with E-state index in [4.69, 9.17) is 9.90 Å². The van der Waals surface area contributed by atoms with E-state index >= 15 is 0 Å². The van der Waals surface area contributed by atoms with Crippen molar-refractivity contribution in [2.45, 2.75) is 0 Å². The van der Waals surface area contributed by atoms with Crippen LogP contribution in [0.25, 0.3) is 6.08 Å². The van der Waals surface area contributed by atoms with Crippen LogP contribution in [0.2, 0.25) is 0 Å². The predicted octanol–water partition coefficient (Wildman–Crippen LogP) is -1.05. The maximum atomic E-state index is 8.24. The van der Waals surface area contributed by atoms with Gasteiger partial charge in [-0.2, -0.15) is 0 Å². The van der Waals surface area contributed by atoms with Crippen LogP contribution in [-0.4, -0.2) is 11.6 Å². The van der Waals surface area contributed by atoms with Crippen LogP contribution in [0.1, 0.15) is 5.56 Å². The quantitative estimate of drug-likeness (QED) is 0.416. The second-order valence-corrected chi connectivity index (χ2v) is 1.71. The molecule has 1 rings (SSSR count). The largest absolute Gasteiger partial charge is 1.00 e. The van der Waals surface area contributed by atoms with Crippen molar-refractivity contribution in [2.24, 2.45) is 0 Å². The first-order valence-corrected chi connectivity index (χ1v) is 3.04. The molecule has 0 bridgehead atoms. The number of rotatable bonds is 1. The van der Waals surface area contributed by atoms with Gasteiger partial charge < -0.3 is 9.90 Å². The average Bonchev–Trinajstić information content (AvgIpc) is 2.08. The third-order valence-corrected chi connectivity index (χ3v) is 1.04. The van der Waals surface area contributed by atoms with Gasteiger partial charge in [0.1, 0.15) is 0 Å². The molecule has 0 amide bonds. The Balaban J connectivity index is 0. The molecule has 58 valence electrons. The van der Waals surface area contributed by atoms with Crippen molar-refractivity contribution >= 4 is 12.5 Å². The minimum absolute atomic E-state index is 0. The Bertz CT molecular complexity index is 209. The zero-order chi connectivity index (χ0) is 8.53. The fourth-order valence-electron chi connectivity index (χ4n) is 0.589. The van der Waals surface area contributed by atoms with Gasteiger partial charge in [-0.15, -0.1) is 0 Å². The summed E-state index contributed by atoms with van der Waals surface area (Å²) in [5, 5.41) is 6.76. The van der Waals surface area contributed by atoms with Gasteiger partial charge >= 0.3 is 18.9 Å². The first-order valence-electron chi connectivity index (χ1n) is 3.04. The third-order valence-electron chi connectivity index (χ3n) is 1.04. The van der Waals surface area contributed by atoms with Gasteiger partial charge in [0, 0.05) is 0 Å². The van der Waals surface area contributed by atoms with Crippen LogP contribution < -0.4 is 18.9 Å². The summed E-state index contributed by atoms with van der Waals surface area (Å²) in [5.41, 5.74) is 1.17. The minimum atomic E-state index is 0. The zero-order valence-corrected chi connectivity index (χ0v) is 7.03. The molecule has 1 N–H and O–H groups in total. The van der Waals surface area contributed by atoms with Crippen molar-refractivity contribution in [2.75, 3.05) is 0 Å². The molecule has 1 aromatic rings. The first kappa shape index (κ1) is 13.6. The standard InChI is InChI=1S/C8H8.CHO2.Li/c1-2-8-6-4-3-5-7-8;2-1-3;/h2-7H,1H2;(H,2,3);/q;-1;+1. The van der Waals surface area contributed by atoms with E-state index in [0.29, 0.717) is 6.47 Å². The van der Waals surface area contributed by atoms with E-state index in [2.05, 4.69) is 6.58 Å². The van der Waals surface area contributed by atoms with Gasteiger partial charge in [-0.3, -0.25) is 0 Å². The van der Waals surface area contributed by atoms with Crippen molar-refractivity contribution in [3.05, 3.63) is 42.5 Å². The van der Waals surface area contributed by atoms with Gasteiger partial charge in [-0.05, 0) is 5.56 Å². The molecule has 0 aliphatic rings. The molecule has 0 atom stereocenters. The number of hydrogen-bond donors (Lipinski definition) is 1. The molecule has 0 saturated carbocycles. The number of aliphatic hydroxyl groups excluding tert-OH is 1. The third kappa shape index (κ3) is 7.14. The molecular formula is C9H9LiO2. The summed E-state index contributed by atoms with van der Waals surface area (Å²) in [6.45, 7) is 4.13. The van der Waals surface area contributed by atoms with E-state index in [1.807, 2.05) is 36.4 Å². The van der Waals surface area contributed by atoms with Crippen molar-refractivity contribution in [3.8, 4) is 0 Å². The molecule has 3 heteroatoms. The summed E-state index contributed by atoms with van der Waals surface area (Å²) in [4.78, 5) is 8.24. The van der Waals surface area contributed by atoms with E-state index in [1.165, 1.54) is 5.56 Å². The smallest absolute Gasteiger partial charge is 0.665 e. The molecule has 0 aliphatic carbocycles. The number of hydrogen-bond acceptors (Lipinski definition) is 1. The van der Waals surface area contributed by atoms with Crippen molar-refractivity contribution in [3.63, 3.8) is 0 Å². The Morgan fingerprint density at radius 3 is 2.00 bits per heavy atom. The first-order chi connectivity index (χ1) is 5.35. The Labute approximate surface area is 84.1 Å².